The highest BCUT2D eigenvalue weighted by atomic mass is 19.1. The minimum absolute atomic E-state index is 0.292. The Balaban J connectivity index is 1.94. The van der Waals surface area contributed by atoms with E-state index in [1.54, 1.807) is 18.2 Å². The minimum atomic E-state index is -0.354. The van der Waals surface area contributed by atoms with Crippen molar-refractivity contribution < 1.29 is 9.13 Å². The number of pyridine rings is 1. The first kappa shape index (κ1) is 10.5. The minimum Gasteiger partial charge on any atom is -0.456 e. The van der Waals surface area contributed by atoms with Gasteiger partial charge in [0.05, 0.1) is 11.7 Å². The van der Waals surface area contributed by atoms with Gasteiger partial charge in [-0.1, -0.05) is 6.07 Å². The molecule has 0 unspecified atom stereocenters. The van der Waals surface area contributed by atoms with Gasteiger partial charge in [-0.15, -0.1) is 0 Å². The SMILES string of the molecule is Nc1nc2ncc(Oc3cccc(F)c3)cc2[nH]1. The zero-order valence-corrected chi connectivity index (χ0v) is 9.22. The van der Waals surface area contributed by atoms with Crippen LogP contribution in [0.2, 0.25) is 0 Å². The van der Waals surface area contributed by atoms with Crippen LogP contribution in [0.4, 0.5) is 10.3 Å². The maximum Gasteiger partial charge on any atom is 0.200 e. The number of rotatable bonds is 2. The number of aromatic nitrogens is 3. The van der Waals surface area contributed by atoms with Gasteiger partial charge in [-0.2, -0.15) is 4.98 Å². The molecule has 3 rings (SSSR count). The first-order valence-corrected chi connectivity index (χ1v) is 5.25. The summed E-state index contributed by atoms with van der Waals surface area (Å²) in [6.07, 6.45) is 1.51. The Kier molecular flexibility index (Phi) is 2.33. The molecular formula is C12H9FN4O. The molecule has 18 heavy (non-hydrogen) atoms. The number of fused-ring (bicyclic) bond motifs is 1. The van der Waals surface area contributed by atoms with Crippen molar-refractivity contribution in [1.29, 1.82) is 0 Å². The zero-order chi connectivity index (χ0) is 12.5. The van der Waals surface area contributed by atoms with E-state index < -0.39 is 0 Å². The van der Waals surface area contributed by atoms with Gasteiger partial charge in [0.2, 0.25) is 0 Å². The molecule has 0 saturated carbocycles. The molecule has 0 saturated heterocycles. The van der Waals surface area contributed by atoms with Gasteiger partial charge in [-0.25, -0.2) is 9.37 Å². The molecule has 2 aromatic heterocycles. The van der Waals surface area contributed by atoms with E-state index in [9.17, 15) is 4.39 Å². The van der Waals surface area contributed by atoms with Gasteiger partial charge >= 0.3 is 0 Å². The third-order valence-electron chi connectivity index (χ3n) is 2.36. The second kappa shape index (κ2) is 3.99. The Morgan fingerprint density at radius 2 is 2.11 bits per heavy atom. The van der Waals surface area contributed by atoms with E-state index in [1.165, 1.54) is 18.3 Å². The van der Waals surface area contributed by atoms with Crippen molar-refractivity contribution >= 4 is 17.1 Å². The summed E-state index contributed by atoms with van der Waals surface area (Å²) in [5, 5.41) is 0. The number of nitrogen functional groups attached to an aromatic ring is 1. The number of anilines is 1. The van der Waals surface area contributed by atoms with Gasteiger partial charge in [0.1, 0.15) is 17.3 Å². The molecular weight excluding hydrogens is 235 g/mol. The first-order chi connectivity index (χ1) is 8.70. The maximum absolute atomic E-state index is 13.0. The molecule has 0 aliphatic rings. The monoisotopic (exact) mass is 244 g/mol. The molecule has 0 aliphatic heterocycles. The van der Waals surface area contributed by atoms with E-state index in [0.29, 0.717) is 28.6 Å². The Morgan fingerprint density at radius 1 is 1.22 bits per heavy atom. The van der Waals surface area contributed by atoms with E-state index >= 15 is 0 Å². The quantitative estimate of drug-likeness (QED) is 0.726. The molecule has 0 atom stereocenters. The summed E-state index contributed by atoms with van der Waals surface area (Å²) < 4.78 is 18.5. The van der Waals surface area contributed by atoms with Gasteiger partial charge in [0.25, 0.3) is 0 Å². The van der Waals surface area contributed by atoms with E-state index in [4.69, 9.17) is 10.5 Å². The van der Waals surface area contributed by atoms with Gasteiger partial charge in [0, 0.05) is 12.1 Å². The van der Waals surface area contributed by atoms with Crippen LogP contribution in [0.5, 0.6) is 11.5 Å². The van der Waals surface area contributed by atoms with Crippen molar-refractivity contribution in [2.45, 2.75) is 0 Å². The first-order valence-electron chi connectivity index (χ1n) is 5.25. The molecule has 0 aliphatic carbocycles. The highest BCUT2D eigenvalue weighted by Gasteiger charge is 2.04. The number of aromatic amines is 1. The molecule has 0 radical (unpaired) electrons. The third-order valence-corrected chi connectivity index (χ3v) is 2.36. The van der Waals surface area contributed by atoms with Crippen LogP contribution in [0.15, 0.2) is 36.5 Å². The number of nitrogens with one attached hydrogen (secondary N) is 1. The van der Waals surface area contributed by atoms with E-state index in [1.807, 2.05) is 0 Å². The lowest BCUT2D eigenvalue weighted by atomic mass is 10.3. The van der Waals surface area contributed by atoms with E-state index in [0.717, 1.165) is 0 Å². The Bertz CT molecular complexity index is 710. The molecule has 3 N–H and O–H groups in total. The predicted octanol–water partition coefficient (Wildman–Crippen LogP) is 2.47. The largest absolute Gasteiger partial charge is 0.456 e. The predicted molar refractivity (Wildman–Crippen MR) is 64.8 cm³/mol. The normalized spacial score (nSPS) is 10.7. The molecule has 6 heteroatoms. The number of nitrogens with zero attached hydrogens (tertiary/aromatic N) is 2. The number of H-pyrrole nitrogens is 1. The van der Waals surface area contributed by atoms with Crippen LogP contribution in [0.25, 0.3) is 11.2 Å². The Morgan fingerprint density at radius 3 is 2.94 bits per heavy atom. The van der Waals surface area contributed by atoms with Crippen LogP contribution < -0.4 is 10.5 Å². The van der Waals surface area contributed by atoms with Gasteiger partial charge in [-0.05, 0) is 12.1 Å². The molecule has 2 heterocycles. The van der Waals surface area contributed by atoms with E-state index in [2.05, 4.69) is 15.0 Å². The molecule has 0 spiro atoms. The molecule has 3 aromatic rings. The average molecular weight is 244 g/mol. The second-order valence-corrected chi connectivity index (χ2v) is 3.72. The summed E-state index contributed by atoms with van der Waals surface area (Å²) in [7, 11) is 0. The standard InChI is InChI=1S/C12H9FN4O/c13-7-2-1-3-8(4-7)18-9-5-10-11(15-6-9)17-12(14)16-10/h1-6H,(H3,14,15,16,17). The number of benzene rings is 1. The second-order valence-electron chi connectivity index (χ2n) is 3.72. The summed E-state index contributed by atoms with van der Waals surface area (Å²) in [5.41, 5.74) is 6.70. The van der Waals surface area contributed by atoms with Crippen LogP contribution in [0.1, 0.15) is 0 Å². The van der Waals surface area contributed by atoms with Gasteiger partial charge in [0.15, 0.2) is 11.6 Å². The molecule has 1 aromatic carbocycles. The summed E-state index contributed by atoms with van der Waals surface area (Å²) in [6, 6.07) is 7.59. The highest BCUT2D eigenvalue weighted by molar-refractivity contribution is 5.74. The van der Waals surface area contributed by atoms with Crippen molar-refractivity contribution in [3.05, 3.63) is 42.3 Å². The van der Waals surface area contributed by atoms with Gasteiger partial charge in [-0.3, -0.25) is 0 Å². The molecule has 0 bridgehead atoms. The van der Waals surface area contributed by atoms with Crippen LogP contribution in [0, 0.1) is 5.82 Å². The van der Waals surface area contributed by atoms with Crippen molar-refractivity contribution in [3.8, 4) is 11.5 Å². The third kappa shape index (κ3) is 1.95. The van der Waals surface area contributed by atoms with Crippen LogP contribution in [0.3, 0.4) is 0 Å². The van der Waals surface area contributed by atoms with E-state index in [-0.39, 0.29) is 5.82 Å². The maximum atomic E-state index is 13.0. The fourth-order valence-electron chi connectivity index (χ4n) is 1.62. The average Bonchev–Trinajstić information content (AvgIpc) is 2.68. The number of nitrogens with two attached hydrogens (primary N) is 1. The van der Waals surface area contributed by atoms with Gasteiger partial charge < -0.3 is 15.5 Å². The van der Waals surface area contributed by atoms with Crippen molar-refractivity contribution in [2.75, 3.05) is 5.73 Å². The van der Waals surface area contributed by atoms with Crippen LogP contribution in [-0.4, -0.2) is 15.0 Å². The summed E-state index contributed by atoms with van der Waals surface area (Å²) in [5.74, 6) is 0.827. The summed E-state index contributed by atoms with van der Waals surface area (Å²) >= 11 is 0. The highest BCUT2D eigenvalue weighted by Crippen LogP contribution is 2.23. The number of hydrogen-bond donors (Lipinski definition) is 2. The topological polar surface area (TPSA) is 76.8 Å². The number of hydrogen-bond acceptors (Lipinski definition) is 4. The lowest BCUT2D eigenvalue weighted by Gasteiger charge is -2.04. The molecule has 0 fully saturated rings. The number of ether oxygens (including phenoxy) is 1. The van der Waals surface area contributed by atoms with Crippen LogP contribution >= 0.6 is 0 Å². The Hall–Kier alpha value is -2.63. The molecule has 0 amide bonds. The lowest BCUT2D eigenvalue weighted by Crippen LogP contribution is -1.86. The fourth-order valence-corrected chi connectivity index (χ4v) is 1.62. The van der Waals surface area contributed by atoms with Crippen molar-refractivity contribution in [3.63, 3.8) is 0 Å². The molecule has 5 nitrogen and oxygen atoms in total. The fraction of sp³-hybridized carbons (Fsp3) is 0. The van der Waals surface area contributed by atoms with Crippen molar-refractivity contribution in [1.82, 2.24) is 15.0 Å². The summed E-state index contributed by atoms with van der Waals surface area (Å²) in [6.45, 7) is 0. The van der Waals surface area contributed by atoms with Crippen LogP contribution in [-0.2, 0) is 0 Å². The smallest absolute Gasteiger partial charge is 0.200 e. The molecule has 90 valence electrons. The zero-order valence-electron chi connectivity index (χ0n) is 9.22. The lowest BCUT2D eigenvalue weighted by molar-refractivity contribution is 0.475. The number of imidazole rings is 1. The van der Waals surface area contributed by atoms with Crippen molar-refractivity contribution in [2.24, 2.45) is 0 Å². The summed E-state index contributed by atoms with van der Waals surface area (Å²) in [4.78, 5) is 10.9. The Labute approximate surface area is 101 Å². The number of halogens is 1.